The topological polar surface area (TPSA) is 26.3 Å². The molecule has 6 heteroatoms. The summed E-state index contributed by atoms with van der Waals surface area (Å²) in [6.45, 7) is 1.72. The molecule has 22 heavy (non-hydrogen) atoms. The van der Waals surface area contributed by atoms with Crippen molar-refractivity contribution in [2.24, 2.45) is 5.92 Å². The number of ether oxygens (including phenoxy) is 1. The minimum atomic E-state index is -4.71. The van der Waals surface area contributed by atoms with Gasteiger partial charge < -0.3 is 4.74 Å². The van der Waals surface area contributed by atoms with Gasteiger partial charge in [-0.1, -0.05) is 42.8 Å². The summed E-state index contributed by atoms with van der Waals surface area (Å²) in [5, 5.41) is 0.459. The Morgan fingerprint density at radius 1 is 1.14 bits per heavy atom. The lowest BCUT2D eigenvalue weighted by atomic mass is 9.96. The smallest absolute Gasteiger partial charge is 0.406 e. The van der Waals surface area contributed by atoms with Gasteiger partial charge in [-0.2, -0.15) is 0 Å². The van der Waals surface area contributed by atoms with Gasteiger partial charge in [0.15, 0.2) is 5.78 Å². The normalized spacial score (nSPS) is 19.1. The van der Waals surface area contributed by atoms with Crippen molar-refractivity contribution in [3.63, 3.8) is 0 Å². The van der Waals surface area contributed by atoms with Crippen LogP contribution in [0.15, 0.2) is 53.1 Å². The zero-order chi connectivity index (χ0) is 16.3. The number of carbonyl (C=O) groups is 1. The molecule has 0 amide bonds. The highest BCUT2D eigenvalue weighted by molar-refractivity contribution is 6.32. The molecule has 2 nitrogen and oxygen atoms in total. The fraction of sp³-hybridized carbons (Fsp3) is 0.188. The van der Waals surface area contributed by atoms with E-state index in [1.165, 1.54) is 30.3 Å². The van der Waals surface area contributed by atoms with Crippen LogP contribution >= 0.6 is 11.6 Å². The molecule has 0 saturated heterocycles. The van der Waals surface area contributed by atoms with Crippen molar-refractivity contribution in [1.82, 2.24) is 0 Å². The summed E-state index contributed by atoms with van der Waals surface area (Å²) in [6, 6.07) is 5.41. The summed E-state index contributed by atoms with van der Waals surface area (Å²) < 4.78 is 39.9. The summed E-state index contributed by atoms with van der Waals surface area (Å²) >= 11 is 5.96. The first-order valence-corrected chi connectivity index (χ1v) is 6.79. The van der Waals surface area contributed by atoms with E-state index in [1.807, 2.05) is 0 Å². The molecule has 1 aliphatic rings. The van der Waals surface area contributed by atoms with Crippen LogP contribution in [0.25, 0.3) is 6.08 Å². The molecule has 1 unspecified atom stereocenters. The van der Waals surface area contributed by atoms with Gasteiger partial charge in [-0.3, -0.25) is 4.79 Å². The van der Waals surface area contributed by atoms with E-state index in [1.54, 1.807) is 25.2 Å². The number of carbonyl (C=O) groups excluding carboxylic acids is 1. The lowest BCUT2D eigenvalue weighted by Gasteiger charge is -2.12. The molecule has 2 rings (SSSR count). The maximum atomic E-state index is 12.0. The minimum Gasteiger partial charge on any atom is -0.406 e. The number of benzene rings is 1. The average Bonchev–Trinajstić information content (AvgIpc) is 2.42. The lowest BCUT2D eigenvalue weighted by Crippen LogP contribution is -2.16. The highest BCUT2D eigenvalue weighted by Gasteiger charge is 2.30. The van der Waals surface area contributed by atoms with Crippen LogP contribution in [0.1, 0.15) is 12.5 Å². The van der Waals surface area contributed by atoms with E-state index in [0.29, 0.717) is 16.2 Å². The average molecular weight is 329 g/mol. The van der Waals surface area contributed by atoms with Gasteiger partial charge in [0.25, 0.3) is 0 Å². The van der Waals surface area contributed by atoms with Gasteiger partial charge in [-0.05, 0) is 35.4 Å². The summed E-state index contributed by atoms with van der Waals surface area (Å²) in [4.78, 5) is 11.6. The number of hydrogen-bond acceptors (Lipinski definition) is 2. The number of halogens is 4. The zero-order valence-corrected chi connectivity index (χ0v) is 12.3. The molecule has 0 heterocycles. The molecular formula is C16H12ClF3O2. The maximum absolute atomic E-state index is 12.0. The molecule has 0 bridgehead atoms. The van der Waals surface area contributed by atoms with E-state index in [-0.39, 0.29) is 17.5 Å². The summed E-state index contributed by atoms with van der Waals surface area (Å²) in [5.74, 6) is -0.702. The third-order valence-corrected chi connectivity index (χ3v) is 3.47. The van der Waals surface area contributed by atoms with Crippen molar-refractivity contribution in [2.45, 2.75) is 13.3 Å². The first kappa shape index (κ1) is 16.4. The van der Waals surface area contributed by atoms with E-state index < -0.39 is 6.36 Å². The molecule has 0 fully saturated rings. The number of hydrogen-bond donors (Lipinski definition) is 0. The Bertz CT molecular complexity index is 655. The van der Waals surface area contributed by atoms with Gasteiger partial charge in [0.2, 0.25) is 0 Å². The highest BCUT2D eigenvalue weighted by Crippen LogP contribution is 2.26. The largest absolute Gasteiger partial charge is 0.573 e. The quantitative estimate of drug-likeness (QED) is 0.791. The van der Waals surface area contributed by atoms with Gasteiger partial charge in [-0.15, -0.1) is 13.2 Å². The van der Waals surface area contributed by atoms with Crippen LogP contribution in [0.5, 0.6) is 5.75 Å². The van der Waals surface area contributed by atoms with Gasteiger partial charge in [0, 0.05) is 5.03 Å². The Balaban J connectivity index is 2.08. The third-order valence-electron chi connectivity index (χ3n) is 3.04. The van der Waals surface area contributed by atoms with Gasteiger partial charge in [-0.25, -0.2) is 0 Å². The number of ketones is 1. The minimum absolute atomic E-state index is 0.0823. The Hall–Kier alpha value is -2.01. The van der Waals surface area contributed by atoms with Gasteiger partial charge >= 0.3 is 6.36 Å². The number of allylic oxidation sites excluding steroid dienone is 5. The van der Waals surface area contributed by atoms with Crippen molar-refractivity contribution in [1.29, 1.82) is 0 Å². The van der Waals surface area contributed by atoms with Crippen LogP contribution in [-0.4, -0.2) is 12.1 Å². The van der Waals surface area contributed by atoms with E-state index in [0.717, 1.165) is 0 Å². The third kappa shape index (κ3) is 4.49. The second kappa shape index (κ2) is 6.40. The molecule has 0 saturated carbocycles. The molecule has 0 aliphatic heterocycles. The van der Waals surface area contributed by atoms with Crippen LogP contribution in [0, 0.1) is 5.92 Å². The number of alkyl halides is 3. The monoisotopic (exact) mass is 328 g/mol. The van der Waals surface area contributed by atoms with Crippen molar-refractivity contribution in [2.75, 3.05) is 0 Å². The van der Waals surface area contributed by atoms with E-state index in [4.69, 9.17) is 11.6 Å². The van der Waals surface area contributed by atoms with Crippen LogP contribution in [0.2, 0.25) is 0 Å². The van der Waals surface area contributed by atoms with Crippen molar-refractivity contribution in [3.8, 4) is 5.75 Å². The fourth-order valence-corrected chi connectivity index (χ4v) is 2.05. The molecular weight excluding hydrogens is 317 g/mol. The molecule has 1 aliphatic carbocycles. The maximum Gasteiger partial charge on any atom is 0.573 e. The predicted octanol–water partition coefficient (Wildman–Crippen LogP) is 4.87. The lowest BCUT2D eigenvalue weighted by molar-refractivity contribution is -0.274. The first-order valence-electron chi connectivity index (χ1n) is 6.41. The van der Waals surface area contributed by atoms with Crippen molar-refractivity contribution < 1.29 is 22.7 Å². The van der Waals surface area contributed by atoms with E-state index in [9.17, 15) is 18.0 Å². The van der Waals surface area contributed by atoms with Crippen LogP contribution in [-0.2, 0) is 4.79 Å². The van der Waals surface area contributed by atoms with Crippen LogP contribution in [0.4, 0.5) is 13.2 Å². The predicted molar refractivity (Wildman–Crippen MR) is 78.3 cm³/mol. The zero-order valence-electron chi connectivity index (χ0n) is 11.5. The first-order chi connectivity index (χ1) is 10.2. The number of rotatable bonds is 3. The summed E-state index contributed by atoms with van der Waals surface area (Å²) in [7, 11) is 0. The second-order valence-electron chi connectivity index (χ2n) is 4.75. The van der Waals surface area contributed by atoms with Crippen LogP contribution in [0.3, 0.4) is 0 Å². The highest BCUT2D eigenvalue weighted by atomic mass is 35.5. The Morgan fingerprint density at radius 2 is 1.77 bits per heavy atom. The van der Waals surface area contributed by atoms with Crippen molar-refractivity contribution in [3.05, 3.63) is 58.7 Å². The molecule has 0 spiro atoms. The Morgan fingerprint density at radius 3 is 2.32 bits per heavy atom. The fourth-order valence-electron chi connectivity index (χ4n) is 1.82. The Labute approximate surface area is 130 Å². The van der Waals surface area contributed by atoms with Crippen LogP contribution < -0.4 is 4.74 Å². The molecule has 0 aromatic heterocycles. The molecule has 0 N–H and O–H groups in total. The van der Waals surface area contributed by atoms with E-state index >= 15 is 0 Å². The molecule has 116 valence electrons. The molecule has 0 radical (unpaired) electrons. The van der Waals surface area contributed by atoms with Gasteiger partial charge in [0.1, 0.15) is 5.75 Å². The summed E-state index contributed by atoms with van der Waals surface area (Å²) in [5.41, 5.74) is 1.31. The van der Waals surface area contributed by atoms with Crippen molar-refractivity contribution >= 4 is 23.5 Å². The van der Waals surface area contributed by atoms with Gasteiger partial charge in [0.05, 0.1) is 5.92 Å². The molecule has 1 atom stereocenters. The Kier molecular flexibility index (Phi) is 4.76. The van der Waals surface area contributed by atoms with E-state index in [2.05, 4.69) is 4.74 Å². The SMILES string of the molecule is CC1C(=O)C=C(/C=C/c2ccc(OC(F)(F)F)cc2)C=C1Cl. The molecule has 1 aromatic carbocycles. The summed E-state index contributed by atoms with van der Waals surface area (Å²) in [6.07, 6.45) is 1.81. The standard InChI is InChI=1S/C16H12ClF3O2/c1-10-14(17)8-12(9-15(10)21)3-2-11-4-6-13(7-5-11)22-16(18,19)20/h2-10H,1H3/b3-2+. The molecule has 1 aromatic rings. The second-order valence-corrected chi connectivity index (χ2v) is 5.18.